The van der Waals surface area contributed by atoms with Gasteiger partial charge in [-0.3, -0.25) is 9.36 Å². The highest BCUT2D eigenvalue weighted by molar-refractivity contribution is 8.01. The highest BCUT2D eigenvalue weighted by atomic mass is 35.5. The first-order valence-corrected chi connectivity index (χ1v) is 9.53. The lowest BCUT2D eigenvalue weighted by Gasteiger charge is -2.19. The molecule has 0 atom stereocenters. The van der Waals surface area contributed by atoms with Gasteiger partial charge in [0.2, 0.25) is 0 Å². The monoisotopic (exact) mass is 454 g/mol. The Hall–Kier alpha value is -2.07. The maximum atomic E-state index is 14.4. The molecule has 1 aromatic carbocycles. The lowest BCUT2D eigenvalue weighted by atomic mass is 10.2. The minimum Gasteiger partial charge on any atom is -0.302 e. The van der Waals surface area contributed by atoms with Gasteiger partial charge in [-0.15, -0.1) is 11.8 Å². The van der Waals surface area contributed by atoms with E-state index in [1.165, 1.54) is 0 Å². The van der Waals surface area contributed by atoms with Gasteiger partial charge in [0.15, 0.2) is 0 Å². The third kappa shape index (κ3) is 5.51. The van der Waals surface area contributed by atoms with Crippen molar-refractivity contribution in [1.82, 2.24) is 9.13 Å². The Bertz CT molecular complexity index is 1030. The highest BCUT2D eigenvalue weighted by Gasteiger charge is 2.35. The van der Waals surface area contributed by atoms with Gasteiger partial charge in [-0.2, -0.15) is 13.2 Å². The quantitative estimate of drug-likeness (QED) is 0.389. The minimum atomic E-state index is -4.93. The van der Waals surface area contributed by atoms with Gasteiger partial charge in [-0.25, -0.2) is 13.8 Å². The molecule has 11 heteroatoms. The third-order valence-corrected chi connectivity index (χ3v) is 5.11. The van der Waals surface area contributed by atoms with E-state index >= 15 is 0 Å². The van der Waals surface area contributed by atoms with Crippen LogP contribution in [-0.2, 0) is 18.0 Å². The zero-order valence-corrected chi connectivity index (χ0v) is 17.8. The topological polar surface area (TPSA) is 61.1 Å². The summed E-state index contributed by atoms with van der Waals surface area (Å²) in [6.45, 7) is 7.13. The second kappa shape index (κ2) is 9.17. The lowest BCUT2D eigenvalue weighted by Crippen LogP contribution is -2.41. The molecule has 1 aromatic heterocycles. The summed E-state index contributed by atoms with van der Waals surface area (Å²) in [5, 5.41) is -0.0760. The number of benzene rings is 1. The molecule has 5 nitrogen and oxygen atoms in total. The molecule has 0 saturated carbocycles. The van der Waals surface area contributed by atoms with Crippen LogP contribution in [0.3, 0.4) is 0 Å². The molecular weight excluding hydrogens is 436 g/mol. The largest absolute Gasteiger partial charge is 0.431 e. The number of carbonyl (C=O) groups is 1. The normalized spacial score (nSPS) is 11.7. The molecule has 0 unspecified atom stereocenters. The second-order valence-electron chi connectivity index (χ2n) is 6.10. The summed E-state index contributed by atoms with van der Waals surface area (Å²) in [7, 11) is 0.820. The summed E-state index contributed by atoms with van der Waals surface area (Å²) in [5.41, 5.74) is -4.75. The third-order valence-electron chi connectivity index (χ3n) is 3.51. The number of thioether (sulfide) groups is 1. The van der Waals surface area contributed by atoms with Crippen LogP contribution in [0.1, 0.15) is 33.4 Å². The first-order valence-electron chi connectivity index (χ1n) is 8.33. The van der Waals surface area contributed by atoms with E-state index in [1.807, 2.05) is 13.8 Å². The Morgan fingerprint density at radius 2 is 1.66 bits per heavy atom. The Balaban J connectivity index is 0.00000204. The van der Waals surface area contributed by atoms with Gasteiger partial charge >= 0.3 is 11.9 Å². The van der Waals surface area contributed by atoms with Crippen molar-refractivity contribution in [1.29, 1.82) is 0 Å². The maximum absolute atomic E-state index is 14.4. The van der Waals surface area contributed by atoms with E-state index in [0.29, 0.717) is 6.29 Å². The molecule has 0 amide bonds. The predicted molar refractivity (Wildman–Crippen MR) is 105 cm³/mol. The smallest absolute Gasteiger partial charge is 0.302 e. The number of halogens is 5. The van der Waals surface area contributed by atoms with E-state index < -0.39 is 39.4 Å². The van der Waals surface area contributed by atoms with E-state index in [2.05, 4.69) is 0 Å². The van der Waals surface area contributed by atoms with Crippen LogP contribution in [-0.4, -0.2) is 20.2 Å². The van der Waals surface area contributed by atoms with Gasteiger partial charge in [0.1, 0.15) is 17.8 Å². The Kier molecular flexibility index (Phi) is 7.89. The van der Waals surface area contributed by atoms with E-state index in [9.17, 15) is 31.9 Å². The number of aldehydes is 1. The van der Waals surface area contributed by atoms with Crippen molar-refractivity contribution in [3.63, 3.8) is 0 Å². The first kappa shape index (κ1) is 25.0. The fourth-order valence-corrected chi connectivity index (χ4v) is 3.40. The van der Waals surface area contributed by atoms with Crippen LogP contribution in [0.4, 0.5) is 17.6 Å². The summed E-state index contributed by atoms with van der Waals surface area (Å²) < 4.78 is 52.7. The van der Waals surface area contributed by atoms with Crippen LogP contribution in [0.15, 0.2) is 32.7 Å². The van der Waals surface area contributed by atoms with Crippen LogP contribution in [0.5, 0.6) is 0 Å². The highest BCUT2D eigenvalue weighted by Crippen LogP contribution is 2.37. The van der Waals surface area contributed by atoms with Crippen molar-refractivity contribution in [2.45, 2.75) is 43.5 Å². The van der Waals surface area contributed by atoms with Crippen molar-refractivity contribution >= 4 is 29.6 Å². The molecule has 0 aliphatic heterocycles. The van der Waals surface area contributed by atoms with E-state index in [0.717, 1.165) is 30.9 Å². The van der Waals surface area contributed by atoms with Gasteiger partial charge in [0.25, 0.3) is 5.56 Å². The Morgan fingerprint density at radius 1 is 1.10 bits per heavy atom. The molecular formula is C18H19ClF4N2O3S. The number of hydrogen-bond donors (Lipinski definition) is 0. The number of aromatic nitrogens is 2. The minimum absolute atomic E-state index is 0.0760. The number of rotatable bonds is 4. The van der Waals surface area contributed by atoms with Gasteiger partial charge < -0.3 is 4.79 Å². The summed E-state index contributed by atoms with van der Waals surface area (Å²) in [4.78, 5) is 35.7. The van der Waals surface area contributed by atoms with Crippen molar-refractivity contribution < 1.29 is 22.4 Å². The lowest BCUT2D eigenvalue weighted by molar-refractivity contribution is -0.144. The molecule has 0 saturated heterocycles. The SMILES string of the molecule is CC.Cn1c(C(F)(F)F)cc(=O)n(-c2cc(SC(C)(C)C=O)c(Cl)cc2F)c1=O. The first-order chi connectivity index (χ1) is 13.3. The molecule has 2 aromatic rings. The fourth-order valence-electron chi connectivity index (χ4n) is 2.19. The Labute approximate surface area is 173 Å². The second-order valence-corrected chi connectivity index (χ2v) is 8.20. The number of nitrogens with zero attached hydrogens (tertiary/aromatic N) is 2. The molecule has 0 spiro atoms. The van der Waals surface area contributed by atoms with Crippen LogP contribution in [0.2, 0.25) is 5.02 Å². The maximum Gasteiger partial charge on any atom is 0.431 e. The van der Waals surface area contributed by atoms with Gasteiger partial charge in [0.05, 0.1) is 15.5 Å². The molecule has 0 N–H and O–H groups in total. The Morgan fingerprint density at radius 3 is 2.14 bits per heavy atom. The van der Waals surface area contributed by atoms with Gasteiger partial charge in [0, 0.05) is 18.0 Å². The van der Waals surface area contributed by atoms with Crippen molar-refractivity contribution in [3.8, 4) is 5.69 Å². The molecule has 0 aliphatic carbocycles. The summed E-state index contributed by atoms with van der Waals surface area (Å²) in [6.07, 6.45) is -4.31. The van der Waals surface area contributed by atoms with Crippen molar-refractivity contribution in [3.05, 3.63) is 55.6 Å². The molecule has 2 rings (SSSR count). The van der Waals surface area contributed by atoms with Crippen LogP contribution in [0.25, 0.3) is 5.69 Å². The zero-order chi connectivity index (χ0) is 22.7. The zero-order valence-electron chi connectivity index (χ0n) is 16.2. The van der Waals surface area contributed by atoms with Gasteiger partial charge in [-0.1, -0.05) is 25.4 Å². The molecule has 0 bridgehead atoms. The standard InChI is InChI=1S/C16H13ClF4N2O3S.C2H6/c1-15(2,7-24)27-11-5-10(9(18)4-8(11)17)23-13(25)6-12(16(19,20)21)22(3)14(23)26;1-2/h4-7H,1-3H3;1-2H3. The predicted octanol–water partition coefficient (Wildman–Crippen LogP) is 4.44. The van der Waals surface area contributed by atoms with Crippen molar-refractivity contribution in [2.75, 3.05) is 0 Å². The van der Waals surface area contributed by atoms with Crippen LogP contribution >= 0.6 is 23.4 Å². The molecule has 0 radical (unpaired) electrons. The summed E-state index contributed by atoms with van der Waals surface area (Å²) in [6, 6.07) is 2.07. The summed E-state index contributed by atoms with van der Waals surface area (Å²) >= 11 is 6.89. The molecule has 0 fully saturated rings. The molecule has 0 aliphatic rings. The van der Waals surface area contributed by atoms with Crippen LogP contribution in [0, 0.1) is 5.82 Å². The van der Waals surface area contributed by atoms with Crippen LogP contribution < -0.4 is 11.2 Å². The number of hydrogen-bond acceptors (Lipinski definition) is 4. The number of alkyl halides is 3. The molecule has 1 heterocycles. The average molecular weight is 455 g/mol. The number of carbonyl (C=O) groups excluding carboxylic acids is 1. The van der Waals surface area contributed by atoms with E-state index in [-0.39, 0.29) is 25.1 Å². The van der Waals surface area contributed by atoms with Gasteiger partial charge in [-0.05, 0) is 26.0 Å². The van der Waals surface area contributed by atoms with E-state index in [4.69, 9.17) is 11.6 Å². The fraction of sp³-hybridized carbons (Fsp3) is 0.389. The molecule has 160 valence electrons. The van der Waals surface area contributed by atoms with Crippen molar-refractivity contribution in [2.24, 2.45) is 7.05 Å². The summed E-state index contributed by atoms with van der Waals surface area (Å²) in [5.74, 6) is -1.08. The average Bonchev–Trinajstić information content (AvgIpc) is 2.62. The molecule has 29 heavy (non-hydrogen) atoms. The van der Waals surface area contributed by atoms with E-state index in [1.54, 1.807) is 13.8 Å².